The highest BCUT2D eigenvalue weighted by Gasteiger charge is 2.15. The van der Waals surface area contributed by atoms with E-state index in [1.54, 1.807) is 6.07 Å². The number of nitrogens with two attached hydrogens (primary N) is 1. The number of halogens is 1. The van der Waals surface area contributed by atoms with Gasteiger partial charge in [-0.3, -0.25) is 0 Å². The topological polar surface area (TPSA) is 29.3 Å². The Hall–Kier alpha value is -1.09. The van der Waals surface area contributed by atoms with Gasteiger partial charge in [0, 0.05) is 30.9 Å². The van der Waals surface area contributed by atoms with Crippen molar-refractivity contribution < 1.29 is 4.39 Å². The van der Waals surface area contributed by atoms with Crippen molar-refractivity contribution in [3.8, 4) is 0 Å². The minimum atomic E-state index is -0.146. The molecule has 2 N–H and O–H groups in total. The molecule has 1 aromatic carbocycles. The second-order valence-corrected chi connectivity index (χ2v) is 5.38. The second kappa shape index (κ2) is 6.74. The summed E-state index contributed by atoms with van der Waals surface area (Å²) in [4.78, 5) is 2.12. The lowest BCUT2D eigenvalue weighted by atomic mass is 10.0. The fourth-order valence-corrected chi connectivity index (χ4v) is 2.16. The molecule has 0 radical (unpaired) electrons. The van der Waals surface area contributed by atoms with Crippen molar-refractivity contribution in [2.75, 3.05) is 18.5 Å². The zero-order valence-electron chi connectivity index (χ0n) is 11.9. The maximum Gasteiger partial charge on any atom is 0.128 e. The number of hydrogen-bond donors (Lipinski definition) is 1. The molecule has 0 spiro atoms. The molecule has 102 valence electrons. The first-order valence-corrected chi connectivity index (χ1v) is 6.69. The van der Waals surface area contributed by atoms with Gasteiger partial charge in [-0.05, 0) is 30.9 Å². The van der Waals surface area contributed by atoms with Crippen LogP contribution in [0.15, 0.2) is 18.2 Å². The normalized spacial score (nSPS) is 12.8. The summed E-state index contributed by atoms with van der Waals surface area (Å²) in [5.74, 6) is 0.401. The van der Waals surface area contributed by atoms with Crippen LogP contribution in [0.1, 0.15) is 32.8 Å². The average Bonchev–Trinajstić information content (AvgIpc) is 2.30. The molecule has 2 nitrogen and oxygen atoms in total. The SMILES string of the molecule is CCC(N)Cc1c(F)cccc1N(C)CC(C)C. The molecule has 0 bridgehead atoms. The summed E-state index contributed by atoms with van der Waals surface area (Å²) < 4.78 is 14.0. The third-order valence-corrected chi connectivity index (χ3v) is 3.14. The number of rotatable bonds is 6. The van der Waals surface area contributed by atoms with Gasteiger partial charge >= 0.3 is 0 Å². The number of anilines is 1. The Morgan fingerprint density at radius 2 is 2.00 bits per heavy atom. The molecule has 3 heteroatoms. The van der Waals surface area contributed by atoms with Crippen molar-refractivity contribution >= 4 is 5.69 Å². The van der Waals surface area contributed by atoms with Crippen LogP contribution in [0.4, 0.5) is 10.1 Å². The predicted molar refractivity (Wildman–Crippen MR) is 76.5 cm³/mol. The van der Waals surface area contributed by atoms with E-state index in [0.29, 0.717) is 12.3 Å². The molecule has 0 aromatic heterocycles. The van der Waals surface area contributed by atoms with Crippen molar-refractivity contribution in [1.29, 1.82) is 0 Å². The first kappa shape index (κ1) is 15.0. The summed E-state index contributed by atoms with van der Waals surface area (Å²) in [6.45, 7) is 7.27. The lowest BCUT2D eigenvalue weighted by Gasteiger charge is -2.25. The zero-order valence-corrected chi connectivity index (χ0v) is 11.9. The third-order valence-electron chi connectivity index (χ3n) is 3.14. The van der Waals surface area contributed by atoms with Crippen molar-refractivity contribution in [3.63, 3.8) is 0 Å². The average molecular weight is 252 g/mol. The fourth-order valence-electron chi connectivity index (χ4n) is 2.16. The van der Waals surface area contributed by atoms with Gasteiger partial charge in [0.2, 0.25) is 0 Å². The summed E-state index contributed by atoms with van der Waals surface area (Å²) in [7, 11) is 2.01. The summed E-state index contributed by atoms with van der Waals surface area (Å²) in [5, 5.41) is 0. The van der Waals surface area contributed by atoms with E-state index in [1.807, 2.05) is 20.0 Å². The quantitative estimate of drug-likeness (QED) is 0.842. The molecule has 1 atom stereocenters. The van der Waals surface area contributed by atoms with E-state index in [1.165, 1.54) is 6.07 Å². The van der Waals surface area contributed by atoms with E-state index in [-0.39, 0.29) is 11.9 Å². The van der Waals surface area contributed by atoms with E-state index in [0.717, 1.165) is 24.2 Å². The van der Waals surface area contributed by atoms with E-state index < -0.39 is 0 Å². The molecule has 1 aromatic rings. The van der Waals surface area contributed by atoms with Crippen LogP contribution in [0.2, 0.25) is 0 Å². The lowest BCUT2D eigenvalue weighted by molar-refractivity contribution is 0.574. The van der Waals surface area contributed by atoms with Gasteiger partial charge in [0.05, 0.1) is 0 Å². The summed E-state index contributed by atoms with van der Waals surface area (Å²) >= 11 is 0. The molecule has 0 fully saturated rings. The Balaban J connectivity index is 2.99. The first-order chi connectivity index (χ1) is 8.45. The maximum atomic E-state index is 14.0. The van der Waals surface area contributed by atoms with Gasteiger partial charge in [-0.15, -0.1) is 0 Å². The van der Waals surface area contributed by atoms with Crippen LogP contribution in [0.25, 0.3) is 0 Å². The molecule has 1 unspecified atom stereocenters. The van der Waals surface area contributed by atoms with Crippen LogP contribution in [-0.2, 0) is 6.42 Å². The number of hydrogen-bond acceptors (Lipinski definition) is 2. The largest absolute Gasteiger partial charge is 0.374 e. The van der Waals surface area contributed by atoms with E-state index in [4.69, 9.17) is 5.73 Å². The predicted octanol–water partition coefficient (Wildman–Crippen LogP) is 3.20. The van der Waals surface area contributed by atoms with Gasteiger partial charge in [-0.25, -0.2) is 4.39 Å². The highest BCUT2D eigenvalue weighted by molar-refractivity contribution is 5.54. The molecular weight excluding hydrogens is 227 g/mol. The molecule has 1 rings (SSSR count). The summed E-state index contributed by atoms with van der Waals surface area (Å²) in [6.07, 6.45) is 1.46. The molecule has 0 aliphatic rings. The Morgan fingerprint density at radius 3 is 2.56 bits per heavy atom. The molecule has 18 heavy (non-hydrogen) atoms. The van der Waals surface area contributed by atoms with Crippen LogP contribution >= 0.6 is 0 Å². The van der Waals surface area contributed by atoms with Gasteiger partial charge in [-0.2, -0.15) is 0 Å². The van der Waals surface area contributed by atoms with Crippen LogP contribution in [0.3, 0.4) is 0 Å². The van der Waals surface area contributed by atoms with Crippen molar-refractivity contribution in [2.24, 2.45) is 11.7 Å². The zero-order chi connectivity index (χ0) is 13.7. The van der Waals surface area contributed by atoms with E-state index >= 15 is 0 Å². The third kappa shape index (κ3) is 3.98. The van der Waals surface area contributed by atoms with Crippen LogP contribution < -0.4 is 10.6 Å². The molecule has 0 aliphatic heterocycles. The van der Waals surface area contributed by atoms with E-state index in [9.17, 15) is 4.39 Å². The van der Waals surface area contributed by atoms with Crippen molar-refractivity contribution in [3.05, 3.63) is 29.6 Å². The van der Waals surface area contributed by atoms with Crippen molar-refractivity contribution in [1.82, 2.24) is 0 Å². The minimum Gasteiger partial charge on any atom is -0.374 e. The molecular formula is C15H25FN2. The minimum absolute atomic E-state index is 0.0214. The number of nitrogens with zero attached hydrogens (tertiary/aromatic N) is 1. The Labute approximate surface area is 110 Å². The monoisotopic (exact) mass is 252 g/mol. The Bertz CT molecular complexity index is 377. The molecule has 0 aliphatic carbocycles. The van der Waals surface area contributed by atoms with E-state index in [2.05, 4.69) is 18.7 Å². The van der Waals surface area contributed by atoms with Crippen LogP contribution in [0.5, 0.6) is 0 Å². The summed E-state index contributed by atoms with van der Waals surface area (Å²) in [6, 6.07) is 5.28. The Kier molecular flexibility index (Phi) is 5.60. The van der Waals surface area contributed by atoms with Gasteiger partial charge < -0.3 is 10.6 Å². The summed E-state index contributed by atoms with van der Waals surface area (Å²) in [5.41, 5.74) is 7.67. The van der Waals surface area contributed by atoms with Gasteiger partial charge in [-0.1, -0.05) is 26.8 Å². The first-order valence-electron chi connectivity index (χ1n) is 6.69. The van der Waals surface area contributed by atoms with Crippen LogP contribution in [0, 0.1) is 11.7 Å². The standard InChI is InChI=1S/C15H25FN2/c1-5-12(17)9-13-14(16)7-6-8-15(13)18(4)10-11(2)3/h6-8,11-12H,5,9-10,17H2,1-4H3. The number of benzene rings is 1. The van der Waals surface area contributed by atoms with Gasteiger partial charge in [0.1, 0.15) is 5.82 Å². The molecule has 0 heterocycles. The fraction of sp³-hybridized carbons (Fsp3) is 0.600. The van der Waals surface area contributed by atoms with Gasteiger partial charge in [0.25, 0.3) is 0 Å². The highest BCUT2D eigenvalue weighted by atomic mass is 19.1. The maximum absolute atomic E-state index is 14.0. The Morgan fingerprint density at radius 1 is 1.33 bits per heavy atom. The highest BCUT2D eigenvalue weighted by Crippen LogP contribution is 2.24. The molecule has 0 amide bonds. The van der Waals surface area contributed by atoms with Crippen LogP contribution in [-0.4, -0.2) is 19.6 Å². The lowest BCUT2D eigenvalue weighted by Crippen LogP contribution is -2.27. The van der Waals surface area contributed by atoms with Gasteiger partial charge in [0.15, 0.2) is 0 Å². The molecule has 0 saturated carbocycles. The second-order valence-electron chi connectivity index (χ2n) is 5.38. The molecule has 0 saturated heterocycles. The van der Waals surface area contributed by atoms with Crippen molar-refractivity contribution in [2.45, 2.75) is 39.7 Å². The smallest absolute Gasteiger partial charge is 0.128 e.